The summed E-state index contributed by atoms with van der Waals surface area (Å²) in [5.74, 6) is -0.233. The Hall–Kier alpha value is -3.54. The van der Waals surface area contributed by atoms with Crippen LogP contribution in [0.5, 0.6) is 0 Å². The van der Waals surface area contributed by atoms with Crippen molar-refractivity contribution in [3.05, 3.63) is 66.4 Å². The van der Waals surface area contributed by atoms with Crippen molar-refractivity contribution in [2.45, 2.75) is 11.8 Å². The van der Waals surface area contributed by atoms with Gasteiger partial charge >= 0.3 is 6.03 Å². The van der Waals surface area contributed by atoms with Crippen LogP contribution in [0, 0.1) is 0 Å². The van der Waals surface area contributed by atoms with Crippen LogP contribution < -0.4 is 10.6 Å². The van der Waals surface area contributed by atoms with E-state index < -0.39 is 10.0 Å². The number of hydrogen-bond acceptors (Lipinski definition) is 6. The van der Waals surface area contributed by atoms with Crippen LogP contribution in [0.25, 0.3) is 21.0 Å². The SMILES string of the molecule is CCNC(=O)Nc1sc2ccccc2c1C(=O)N1CCN(S(=O)(=O)c2cccc3cccnc23)CC1. The number of urea groups is 1. The van der Waals surface area contributed by atoms with Crippen molar-refractivity contribution >= 4 is 59.3 Å². The fourth-order valence-electron chi connectivity index (χ4n) is 4.37. The quantitative estimate of drug-likeness (QED) is 0.414. The minimum atomic E-state index is -3.79. The van der Waals surface area contributed by atoms with Crippen LogP contribution >= 0.6 is 11.3 Å². The number of carbonyl (C=O) groups excluding carboxylic acids is 2. The monoisotopic (exact) mass is 523 g/mol. The van der Waals surface area contributed by atoms with Crippen LogP contribution in [-0.2, 0) is 10.0 Å². The van der Waals surface area contributed by atoms with Gasteiger partial charge in [0.25, 0.3) is 5.91 Å². The predicted molar refractivity (Wildman–Crippen MR) is 141 cm³/mol. The highest BCUT2D eigenvalue weighted by Crippen LogP contribution is 2.37. The molecule has 36 heavy (non-hydrogen) atoms. The molecule has 3 amide bonds. The number of amides is 3. The molecule has 0 spiro atoms. The molecular formula is C25H25N5O4S2. The van der Waals surface area contributed by atoms with Gasteiger partial charge in [-0.2, -0.15) is 4.31 Å². The molecule has 0 saturated carbocycles. The van der Waals surface area contributed by atoms with Crippen LogP contribution in [0.15, 0.2) is 65.7 Å². The first-order chi connectivity index (χ1) is 17.4. The van der Waals surface area contributed by atoms with Crippen LogP contribution in [0.4, 0.5) is 9.80 Å². The maximum atomic E-state index is 13.6. The number of para-hydroxylation sites is 1. The number of aromatic nitrogens is 1. The zero-order valence-corrected chi connectivity index (χ0v) is 21.2. The molecule has 5 rings (SSSR count). The second-order valence-corrected chi connectivity index (χ2v) is 11.3. The number of rotatable bonds is 5. The van der Waals surface area contributed by atoms with Gasteiger partial charge in [0.15, 0.2) is 0 Å². The van der Waals surface area contributed by atoms with Gasteiger partial charge in [-0.25, -0.2) is 13.2 Å². The molecule has 0 unspecified atom stereocenters. The summed E-state index contributed by atoms with van der Waals surface area (Å²) >= 11 is 1.34. The van der Waals surface area contributed by atoms with E-state index in [2.05, 4.69) is 15.6 Å². The summed E-state index contributed by atoms with van der Waals surface area (Å²) in [5.41, 5.74) is 0.862. The summed E-state index contributed by atoms with van der Waals surface area (Å²) in [6.45, 7) is 3.08. The minimum absolute atomic E-state index is 0.164. The van der Waals surface area contributed by atoms with Crippen molar-refractivity contribution in [2.24, 2.45) is 0 Å². The third kappa shape index (κ3) is 4.41. The Morgan fingerprint density at radius 1 is 1.00 bits per heavy atom. The normalized spacial score (nSPS) is 14.8. The summed E-state index contributed by atoms with van der Waals surface area (Å²) in [6.07, 6.45) is 1.58. The molecule has 186 valence electrons. The lowest BCUT2D eigenvalue weighted by molar-refractivity contribution is 0.0701. The number of benzene rings is 2. The summed E-state index contributed by atoms with van der Waals surface area (Å²) in [7, 11) is -3.79. The van der Waals surface area contributed by atoms with Crippen LogP contribution in [0.3, 0.4) is 0 Å². The molecule has 9 nitrogen and oxygen atoms in total. The van der Waals surface area contributed by atoms with E-state index in [4.69, 9.17) is 0 Å². The molecule has 1 aliphatic rings. The maximum absolute atomic E-state index is 13.6. The third-order valence-electron chi connectivity index (χ3n) is 6.11. The number of pyridine rings is 1. The van der Waals surface area contributed by atoms with E-state index in [0.29, 0.717) is 22.6 Å². The molecule has 1 fully saturated rings. The first-order valence-electron chi connectivity index (χ1n) is 11.6. The van der Waals surface area contributed by atoms with Gasteiger partial charge in [-0.1, -0.05) is 36.4 Å². The van der Waals surface area contributed by atoms with Crippen molar-refractivity contribution < 1.29 is 18.0 Å². The van der Waals surface area contributed by atoms with Crippen molar-refractivity contribution in [1.29, 1.82) is 0 Å². The van der Waals surface area contributed by atoms with Crippen molar-refractivity contribution in [3.63, 3.8) is 0 Å². The number of sulfonamides is 1. The van der Waals surface area contributed by atoms with Crippen molar-refractivity contribution in [1.82, 2.24) is 19.5 Å². The van der Waals surface area contributed by atoms with Gasteiger partial charge in [0.2, 0.25) is 10.0 Å². The third-order valence-corrected chi connectivity index (χ3v) is 9.13. The number of anilines is 1. The summed E-state index contributed by atoms with van der Waals surface area (Å²) in [5, 5.41) is 7.48. The van der Waals surface area contributed by atoms with Crippen LogP contribution in [0.1, 0.15) is 17.3 Å². The summed E-state index contributed by atoms with van der Waals surface area (Å²) in [4.78, 5) is 31.9. The molecule has 2 aromatic heterocycles. The molecule has 0 radical (unpaired) electrons. The van der Waals surface area contributed by atoms with Crippen molar-refractivity contribution in [3.8, 4) is 0 Å². The Bertz CT molecular complexity index is 1550. The maximum Gasteiger partial charge on any atom is 0.319 e. The number of hydrogen-bond donors (Lipinski definition) is 2. The number of piperazine rings is 1. The van der Waals surface area contributed by atoms with E-state index in [0.717, 1.165) is 15.5 Å². The number of carbonyl (C=O) groups is 2. The highest BCUT2D eigenvalue weighted by atomic mass is 32.2. The predicted octanol–water partition coefficient (Wildman–Crippen LogP) is 3.74. The second kappa shape index (κ2) is 9.84. The Morgan fingerprint density at radius 3 is 2.53 bits per heavy atom. The summed E-state index contributed by atoms with van der Waals surface area (Å²) in [6, 6.07) is 15.8. The Morgan fingerprint density at radius 2 is 1.75 bits per heavy atom. The fraction of sp³-hybridized carbons (Fsp3) is 0.240. The molecule has 1 aliphatic heterocycles. The van der Waals surface area contributed by atoms with Gasteiger partial charge < -0.3 is 10.2 Å². The van der Waals surface area contributed by atoms with E-state index >= 15 is 0 Å². The lowest BCUT2D eigenvalue weighted by Gasteiger charge is -2.34. The van der Waals surface area contributed by atoms with E-state index in [1.54, 1.807) is 29.3 Å². The number of nitrogens with zero attached hydrogens (tertiary/aromatic N) is 3. The Labute approximate surface area is 212 Å². The Balaban J connectivity index is 1.38. The topological polar surface area (TPSA) is 112 Å². The standard InChI is InChI=1S/C25H25N5O4S2/c1-2-26-25(32)28-23-21(18-9-3-4-10-19(18)35-23)24(31)29-13-15-30(16-14-29)36(33,34)20-11-5-7-17-8-6-12-27-22(17)20/h3-12H,2,13-16H2,1H3,(H2,26,28,32). The second-order valence-electron chi connectivity index (χ2n) is 8.31. The smallest absolute Gasteiger partial charge is 0.319 e. The Kier molecular flexibility index (Phi) is 6.61. The largest absolute Gasteiger partial charge is 0.338 e. The molecule has 2 aromatic carbocycles. The van der Waals surface area contributed by atoms with Crippen LogP contribution in [0.2, 0.25) is 0 Å². The van der Waals surface area contributed by atoms with E-state index in [9.17, 15) is 18.0 Å². The van der Waals surface area contributed by atoms with Gasteiger partial charge in [-0.15, -0.1) is 11.3 Å². The zero-order chi connectivity index (χ0) is 25.3. The molecule has 2 N–H and O–H groups in total. The minimum Gasteiger partial charge on any atom is -0.338 e. The molecule has 3 heterocycles. The lowest BCUT2D eigenvalue weighted by Crippen LogP contribution is -2.50. The van der Waals surface area contributed by atoms with Crippen molar-refractivity contribution in [2.75, 3.05) is 38.0 Å². The highest BCUT2D eigenvalue weighted by molar-refractivity contribution is 7.89. The van der Waals surface area contributed by atoms with Gasteiger partial charge in [-0.05, 0) is 25.1 Å². The average molecular weight is 524 g/mol. The molecule has 0 bridgehead atoms. The van der Waals surface area contributed by atoms with Gasteiger partial charge in [-0.3, -0.25) is 15.1 Å². The number of fused-ring (bicyclic) bond motifs is 2. The number of thiophene rings is 1. The molecule has 0 atom stereocenters. The number of nitrogens with one attached hydrogen (secondary N) is 2. The molecule has 1 saturated heterocycles. The first kappa shape index (κ1) is 24.2. The zero-order valence-electron chi connectivity index (χ0n) is 19.6. The highest BCUT2D eigenvalue weighted by Gasteiger charge is 2.33. The average Bonchev–Trinajstić information content (AvgIpc) is 3.25. The van der Waals surface area contributed by atoms with Crippen LogP contribution in [-0.4, -0.2) is 67.3 Å². The lowest BCUT2D eigenvalue weighted by atomic mass is 10.1. The molecule has 4 aromatic rings. The summed E-state index contributed by atoms with van der Waals surface area (Å²) < 4.78 is 29.2. The van der Waals surface area contributed by atoms with Gasteiger partial charge in [0, 0.05) is 54.4 Å². The van der Waals surface area contributed by atoms with E-state index in [-0.39, 0.29) is 43.0 Å². The van der Waals surface area contributed by atoms with E-state index in [1.165, 1.54) is 15.6 Å². The molecule has 0 aliphatic carbocycles. The fourth-order valence-corrected chi connectivity index (χ4v) is 7.04. The first-order valence-corrected chi connectivity index (χ1v) is 13.9. The van der Waals surface area contributed by atoms with Gasteiger partial charge in [0.05, 0.1) is 11.1 Å². The van der Waals surface area contributed by atoms with Gasteiger partial charge in [0.1, 0.15) is 9.90 Å². The van der Waals surface area contributed by atoms with E-state index in [1.807, 2.05) is 43.3 Å². The molecular weight excluding hydrogens is 498 g/mol. The molecule has 11 heteroatoms.